The standard InChI is InChI=1S/C23H33FN4O4/c1-7-19(28(8-2)14-20(30)27(5)6)15(3)26-21(22(31)16(4)29)23(32)25-13-17-9-11-18(24)12-10-17/h9-12,19,29,31H,4,7-8,13-14H2,1-3,5-6H3,(H,25,32)/b22-21+,26-15?. The van der Waals surface area contributed by atoms with E-state index in [1.165, 1.54) is 29.2 Å². The molecular weight excluding hydrogens is 415 g/mol. The van der Waals surface area contributed by atoms with Crippen LogP contribution in [0.1, 0.15) is 32.8 Å². The van der Waals surface area contributed by atoms with E-state index >= 15 is 0 Å². The van der Waals surface area contributed by atoms with Crippen molar-refractivity contribution >= 4 is 17.5 Å². The highest BCUT2D eigenvalue weighted by molar-refractivity contribution is 5.99. The van der Waals surface area contributed by atoms with Gasteiger partial charge in [-0.1, -0.05) is 32.6 Å². The molecule has 0 radical (unpaired) electrons. The van der Waals surface area contributed by atoms with Gasteiger partial charge in [0.25, 0.3) is 5.91 Å². The second kappa shape index (κ2) is 12.6. The van der Waals surface area contributed by atoms with Crippen LogP contribution >= 0.6 is 0 Å². The van der Waals surface area contributed by atoms with E-state index in [-0.39, 0.29) is 25.0 Å². The summed E-state index contributed by atoms with van der Waals surface area (Å²) < 4.78 is 13.1. The summed E-state index contributed by atoms with van der Waals surface area (Å²) in [7, 11) is 3.35. The molecule has 1 atom stereocenters. The molecule has 0 saturated heterocycles. The summed E-state index contributed by atoms with van der Waals surface area (Å²) >= 11 is 0. The number of benzene rings is 1. The topological polar surface area (TPSA) is 105 Å². The molecule has 0 aromatic heterocycles. The zero-order valence-electron chi connectivity index (χ0n) is 19.4. The smallest absolute Gasteiger partial charge is 0.274 e. The van der Waals surface area contributed by atoms with Crippen LogP contribution in [0.3, 0.4) is 0 Å². The van der Waals surface area contributed by atoms with Crippen molar-refractivity contribution in [3.8, 4) is 0 Å². The number of carbonyl (C=O) groups is 2. The molecule has 0 fully saturated rings. The molecule has 0 bridgehead atoms. The van der Waals surface area contributed by atoms with Gasteiger partial charge < -0.3 is 20.4 Å². The van der Waals surface area contributed by atoms with Gasteiger partial charge in [-0.25, -0.2) is 9.38 Å². The fourth-order valence-corrected chi connectivity index (χ4v) is 3.04. The second-order valence-electron chi connectivity index (χ2n) is 7.48. The van der Waals surface area contributed by atoms with E-state index in [4.69, 9.17) is 0 Å². The molecule has 0 heterocycles. The van der Waals surface area contributed by atoms with Crippen LogP contribution < -0.4 is 5.32 Å². The molecular formula is C23H33FN4O4. The number of aliphatic hydroxyl groups is 2. The van der Waals surface area contributed by atoms with Gasteiger partial charge in [0.15, 0.2) is 17.2 Å². The zero-order chi connectivity index (χ0) is 24.4. The molecule has 0 spiro atoms. The Kier molecular flexibility index (Phi) is 10.6. The highest BCUT2D eigenvalue weighted by atomic mass is 19.1. The van der Waals surface area contributed by atoms with E-state index in [0.29, 0.717) is 24.2 Å². The first-order valence-electron chi connectivity index (χ1n) is 10.3. The highest BCUT2D eigenvalue weighted by Gasteiger charge is 2.24. The molecule has 8 nitrogen and oxygen atoms in total. The maximum atomic E-state index is 13.1. The average molecular weight is 449 g/mol. The van der Waals surface area contributed by atoms with Gasteiger partial charge in [-0.05, 0) is 37.6 Å². The molecule has 0 aliphatic rings. The Morgan fingerprint density at radius 2 is 1.78 bits per heavy atom. The summed E-state index contributed by atoms with van der Waals surface area (Å²) in [6.45, 7) is 9.60. The molecule has 0 saturated carbocycles. The largest absolute Gasteiger partial charge is 0.505 e. The Morgan fingerprint density at radius 1 is 1.19 bits per heavy atom. The first kappa shape index (κ1) is 26.8. The minimum Gasteiger partial charge on any atom is -0.505 e. The highest BCUT2D eigenvalue weighted by Crippen LogP contribution is 2.15. The summed E-state index contributed by atoms with van der Waals surface area (Å²) in [5.74, 6) is -2.64. The van der Waals surface area contributed by atoms with Crippen LogP contribution in [0.25, 0.3) is 0 Å². The summed E-state index contributed by atoms with van der Waals surface area (Å²) in [6, 6.07) is 5.31. The molecule has 9 heteroatoms. The minimum absolute atomic E-state index is 0.0675. The average Bonchev–Trinajstić information content (AvgIpc) is 2.75. The molecule has 0 aliphatic heterocycles. The van der Waals surface area contributed by atoms with Crippen molar-refractivity contribution in [3.63, 3.8) is 0 Å². The molecule has 1 rings (SSSR count). The number of nitrogens with zero attached hydrogens (tertiary/aromatic N) is 3. The molecule has 1 unspecified atom stereocenters. The summed E-state index contributed by atoms with van der Waals surface area (Å²) in [4.78, 5) is 32.6. The number of likely N-dealkylation sites (N-methyl/N-ethyl adjacent to an activating group) is 2. The fraction of sp³-hybridized carbons (Fsp3) is 0.435. The molecule has 1 aromatic carbocycles. The van der Waals surface area contributed by atoms with Crippen LogP contribution in [0.15, 0.2) is 53.1 Å². The Balaban J connectivity index is 3.17. The van der Waals surface area contributed by atoms with Crippen LogP contribution in [0.2, 0.25) is 0 Å². The van der Waals surface area contributed by atoms with Gasteiger partial charge >= 0.3 is 0 Å². The lowest BCUT2D eigenvalue weighted by Crippen LogP contribution is -2.45. The van der Waals surface area contributed by atoms with Gasteiger partial charge in [0, 0.05) is 32.4 Å². The van der Waals surface area contributed by atoms with Crippen molar-refractivity contribution in [2.24, 2.45) is 4.99 Å². The number of amides is 2. The van der Waals surface area contributed by atoms with E-state index in [1.54, 1.807) is 21.0 Å². The number of rotatable bonds is 11. The molecule has 0 aliphatic carbocycles. The van der Waals surface area contributed by atoms with Gasteiger partial charge in [0.2, 0.25) is 5.91 Å². The Bertz CT molecular complexity index is 878. The normalized spacial score (nSPS) is 13.4. The van der Waals surface area contributed by atoms with Crippen LogP contribution in [0, 0.1) is 5.82 Å². The van der Waals surface area contributed by atoms with Crippen LogP contribution in [0.4, 0.5) is 4.39 Å². The van der Waals surface area contributed by atoms with E-state index in [0.717, 1.165) is 0 Å². The number of hydrogen-bond donors (Lipinski definition) is 3. The number of nitrogens with one attached hydrogen (secondary N) is 1. The molecule has 2 amide bonds. The van der Waals surface area contributed by atoms with Crippen LogP contribution in [-0.4, -0.2) is 70.8 Å². The maximum absolute atomic E-state index is 13.1. The number of aliphatic hydroxyl groups excluding tert-OH is 2. The van der Waals surface area contributed by atoms with Crippen molar-refractivity contribution in [3.05, 3.63) is 59.4 Å². The van der Waals surface area contributed by atoms with Crippen LogP contribution in [-0.2, 0) is 16.1 Å². The van der Waals surface area contributed by atoms with E-state index in [2.05, 4.69) is 16.9 Å². The Labute approximate surface area is 188 Å². The van der Waals surface area contributed by atoms with E-state index in [9.17, 15) is 24.2 Å². The summed E-state index contributed by atoms with van der Waals surface area (Å²) in [5.41, 5.74) is 0.735. The number of hydrogen-bond acceptors (Lipinski definition) is 6. The van der Waals surface area contributed by atoms with Crippen molar-refractivity contribution in [1.29, 1.82) is 0 Å². The maximum Gasteiger partial charge on any atom is 0.274 e. The quantitative estimate of drug-likeness (QED) is 0.209. The monoisotopic (exact) mass is 448 g/mol. The third-order valence-electron chi connectivity index (χ3n) is 4.92. The number of halogens is 1. The lowest BCUT2D eigenvalue weighted by Gasteiger charge is -2.30. The van der Waals surface area contributed by atoms with Gasteiger partial charge in [-0.2, -0.15) is 0 Å². The van der Waals surface area contributed by atoms with Gasteiger partial charge in [-0.15, -0.1) is 0 Å². The Hall–Kier alpha value is -3.20. The van der Waals surface area contributed by atoms with Crippen LogP contribution in [0.5, 0.6) is 0 Å². The lowest BCUT2D eigenvalue weighted by atomic mass is 10.1. The van der Waals surface area contributed by atoms with Gasteiger partial charge in [0.1, 0.15) is 5.82 Å². The predicted octanol–water partition coefficient (Wildman–Crippen LogP) is 2.93. The lowest BCUT2D eigenvalue weighted by molar-refractivity contribution is -0.130. The van der Waals surface area contributed by atoms with E-state index in [1.807, 2.05) is 18.7 Å². The fourth-order valence-electron chi connectivity index (χ4n) is 3.04. The molecule has 176 valence electrons. The SMILES string of the molecule is C=C(O)/C(O)=C(\N=C(C)C(CC)N(CC)CC(=O)N(C)C)C(=O)NCc1ccc(F)cc1. The van der Waals surface area contributed by atoms with Crippen molar-refractivity contribution in [2.75, 3.05) is 27.2 Å². The van der Waals surface area contributed by atoms with E-state index < -0.39 is 28.9 Å². The Morgan fingerprint density at radius 3 is 2.25 bits per heavy atom. The third-order valence-corrected chi connectivity index (χ3v) is 4.92. The number of aliphatic imine (C=N–C) groups is 1. The number of carbonyl (C=O) groups excluding carboxylic acids is 2. The second-order valence-corrected chi connectivity index (χ2v) is 7.48. The van der Waals surface area contributed by atoms with Crippen molar-refractivity contribution in [1.82, 2.24) is 15.1 Å². The third kappa shape index (κ3) is 7.81. The summed E-state index contributed by atoms with van der Waals surface area (Å²) in [6.07, 6.45) is 0.606. The molecule has 3 N–H and O–H groups in total. The van der Waals surface area contributed by atoms with Crippen molar-refractivity contribution < 1.29 is 24.2 Å². The zero-order valence-corrected chi connectivity index (χ0v) is 19.4. The molecule has 1 aromatic rings. The van der Waals surface area contributed by atoms with Gasteiger partial charge in [0.05, 0.1) is 6.54 Å². The minimum atomic E-state index is -0.747. The first-order valence-corrected chi connectivity index (χ1v) is 10.3. The predicted molar refractivity (Wildman–Crippen MR) is 123 cm³/mol. The molecule has 32 heavy (non-hydrogen) atoms. The van der Waals surface area contributed by atoms with Crippen molar-refractivity contribution in [2.45, 2.75) is 39.8 Å². The van der Waals surface area contributed by atoms with Gasteiger partial charge in [-0.3, -0.25) is 14.5 Å². The first-order chi connectivity index (χ1) is 15.0. The summed E-state index contributed by atoms with van der Waals surface area (Å²) in [5, 5.41) is 22.5.